The van der Waals surface area contributed by atoms with E-state index in [1.165, 1.54) is 7.11 Å². The van der Waals surface area contributed by atoms with E-state index in [-0.39, 0.29) is 5.54 Å². The quantitative estimate of drug-likeness (QED) is 0.488. The zero-order valence-corrected chi connectivity index (χ0v) is 15.2. The van der Waals surface area contributed by atoms with Gasteiger partial charge in [0.25, 0.3) is 0 Å². The molecule has 1 aromatic rings. The Labute approximate surface area is 149 Å². The van der Waals surface area contributed by atoms with Crippen molar-refractivity contribution in [3.05, 3.63) is 24.3 Å². The van der Waals surface area contributed by atoms with Crippen molar-refractivity contribution in [2.45, 2.75) is 57.1 Å². The van der Waals surface area contributed by atoms with E-state index < -0.39 is 11.8 Å². The fraction of sp³-hybridized carbons (Fsp3) is 0.632. The van der Waals surface area contributed by atoms with Crippen molar-refractivity contribution >= 4 is 11.8 Å². The van der Waals surface area contributed by atoms with E-state index in [1.807, 2.05) is 6.92 Å². The Kier molecular flexibility index (Phi) is 4.93. The second-order valence-corrected chi connectivity index (χ2v) is 8.09. The second kappa shape index (κ2) is 6.84. The van der Waals surface area contributed by atoms with Crippen molar-refractivity contribution in [2.24, 2.45) is 17.6 Å². The number of carbonyl (C=O) groups excluding carboxylic acids is 1. The van der Waals surface area contributed by atoms with E-state index in [0.717, 1.165) is 31.4 Å². The molecule has 2 saturated carbocycles. The van der Waals surface area contributed by atoms with Crippen LogP contribution in [0.5, 0.6) is 5.75 Å². The van der Waals surface area contributed by atoms with Crippen molar-refractivity contribution in [3.63, 3.8) is 0 Å². The Balaban J connectivity index is 1.60. The number of hydrogen-bond donors (Lipinski definition) is 2. The van der Waals surface area contributed by atoms with E-state index in [9.17, 15) is 4.79 Å². The Hall–Kier alpha value is -1.79. The first kappa shape index (κ1) is 18.0. The molecule has 25 heavy (non-hydrogen) atoms. The largest absolute Gasteiger partial charge is 0.514 e. The van der Waals surface area contributed by atoms with Gasteiger partial charge in [-0.1, -0.05) is 6.92 Å². The number of carbonyl (C=O) groups is 1. The molecule has 6 nitrogen and oxygen atoms in total. The summed E-state index contributed by atoms with van der Waals surface area (Å²) >= 11 is 0. The van der Waals surface area contributed by atoms with Crippen LogP contribution < -0.4 is 16.0 Å². The molecule has 2 aliphatic carbocycles. The van der Waals surface area contributed by atoms with Gasteiger partial charge in [-0.3, -0.25) is 10.3 Å². The molecule has 4 unspecified atom stereocenters. The van der Waals surface area contributed by atoms with Gasteiger partial charge in [-0.05, 0) is 68.7 Å². The molecule has 1 aromatic carbocycles. The zero-order valence-electron chi connectivity index (χ0n) is 15.2. The van der Waals surface area contributed by atoms with Crippen LogP contribution in [0.15, 0.2) is 24.3 Å². The Morgan fingerprint density at radius 2 is 1.96 bits per heavy atom. The molecule has 2 bridgehead atoms. The van der Waals surface area contributed by atoms with Crippen molar-refractivity contribution in [1.29, 1.82) is 0 Å². The summed E-state index contributed by atoms with van der Waals surface area (Å²) in [6.45, 7) is 4.23. The first-order valence-electron chi connectivity index (χ1n) is 8.88. The van der Waals surface area contributed by atoms with Gasteiger partial charge in [-0.25, -0.2) is 4.79 Å². The predicted molar refractivity (Wildman–Crippen MR) is 95.2 cm³/mol. The number of rotatable bonds is 4. The minimum absolute atomic E-state index is 0.233. The average molecular weight is 348 g/mol. The molecule has 6 heteroatoms. The van der Waals surface area contributed by atoms with Crippen LogP contribution >= 0.6 is 0 Å². The molecular formula is C19H28N2O4. The standard InChI is InChI=1S/C19H28N2O4/c1-13-8-14-10-18(2,12-19(20,9-13)11-14)25-17(22)24-16-6-4-15(5-7-16)21-23-3/h4-7,13-14,21H,8-12,20H2,1-3H3. The fourth-order valence-electron chi connectivity index (χ4n) is 4.92. The van der Waals surface area contributed by atoms with Crippen LogP contribution in [0.25, 0.3) is 0 Å². The summed E-state index contributed by atoms with van der Waals surface area (Å²) in [6, 6.07) is 6.89. The third kappa shape index (κ3) is 4.44. The lowest BCUT2D eigenvalue weighted by atomic mass is 9.60. The maximum Gasteiger partial charge on any atom is 0.514 e. The number of nitrogens with one attached hydrogen (secondary N) is 1. The molecule has 2 aliphatic rings. The molecule has 2 fully saturated rings. The van der Waals surface area contributed by atoms with Crippen molar-refractivity contribution in [2.75, 3.05) is 12.6 Å². The van der Waals surface area contributed by atoms with Crippen molar-refractivity contribution < 1.29 is 19.1 Å². The van der Waals surface area contributed by atoms with Crippen LogP contribution in [0.3, 0.4) is 0 Å². The molecule has 0 radical (unpaired) electrons. The number of nitrogens with two attached hydrogens (primary N) is 1. The van der Waals surface area contributed by atoms with E-state index in [1.54, 1.807) is 24.3 Å². The maximum atomic E-state index is 12.3. The van der Waals surface area contributed by atoms with Crippen LogP contribution in [0.2, 0.25) is 0 Å². The lowest BCUT2D eigenvalue weighted by molar-refractivity contribution is -0.0772. The Morgan fingerprint density at radius 3 is 2.60 bits per heavy atom. The molecule has 4 atom stereocenters. The lowest BCUT2D eigenvalue weighted by Gasteiger charge is -2.51. The smallest absolute Gasteiger partial charge is 0.428 e. The number of benzene rings is 1. The molecule has 0 saturated heterocycles. The topological polar surface area (TPSA) is 82.8 Å². The number of fused-ring (bicyclic) bond motifs is 2. The van der Waals surface area contributed by atoms with Gasteiger partial charge in [-0.2, -0.15) is 0 Å². The molecular weight excluding hydrogens is 320 g/mol. The normalized spacial score (nSPS) is 34.2. The van der Waals surface area contributed by atoms with Gasteiger partial charge in [0.1, 0.15) is 11.4 Å². The first-order valence-corrected chi connectivity index (χ1v) is 8.88. The third-order valence-corrected chi connectivity index (χ3v) is 5.24. The molecule has 3 N–H and O–H groups in total. The van der Waals surface area contributed by atoms with Crippen LogP contribution in [0.1, 0.15) is 46.0 Å². The summed E-state index contributed by atoms with van der Waals surface area (Å²) in [5.74, 6) is 1.58. The van der Waals surface area contributed by atoms with Gasteiger partial charge in [-0.15, -0.1) is 0 Å². The number of anilines is 1. The number of ether oxygens (including phenoxy) is 2. The second-order valence-electron chi connectivity index (χ2n) is 8.09. The molecule has 0 spiro atoms. The van der Waals surface area contributed by atoms with E-state index >= 15 is 0 Å². The van der Waals surface area contributed by atoms with Crippen LogP contribution in [-0.2, 0) is 9.57 Å². The molecule has 3 rings (SSSR count). The fourth-order valence-corrected chi connectivity index (χ4v) is 4.92. The highest BCUT2D eigenvalue weighted by Crippen LogP contribution is 2.48. The first-order chi connectivity index (χ1) is 11.8. The van der Waals surface area contributed by atoms with Gasteiger partial charge in [0.05, 0.1) is 12.8 Å². The monoisotopic (exact) mass is 348 g/mol. The van der Waals surface area contributed by atoms with Crippen LogP contribution in [0.4, 0.5) is 10.5 Å². The minimum Gasteiger partial charge on any atom is -0.428 e. The number of hydrogen-bond acceptors (Lipinski definition) is 6. The van der Waals surface area contributed by atoms with Gasteiger partial charge in [0, 0.05) is 12.0 Å². The summed E-state index contributed by atoms with van der Waals surface area (Å²) < 4.78 is 11.0. The van der Waals surface area contributed by atoms with Crippen molar-refractivity contribution in [3.8, 4) is 5.75 Å². The summed E-state index contributed by atoms with van der Waals surface area (Å²) in [7, 11) is 1.53. The molecule has 0 amide bonds. The summed E-state index contributed by atoms with van der Waals surface area (Å²) in [4.78, 5) is 17.1. The highest BCUT2D eigenvalue weighted by atomic mass is 16.7. The summed E-state index contributed by atoms with van der Waals surface area (Å²) in [5, 5.41) is 0. The lowest BCUT2D eigenvalue weighted by Crippen LogP contribution is -2.57. The van der Waals surface area contributed by atoms with Gasteiger partial charge >= 0.3 is 6.16 Å². The molecule has 138 valence electrons. The highest BCUT2D eigenvalue weighted by Gasteiger charge is 2.49. The third-order valence-electron chi connectivity index (χ3n) is 5.24. The minimum atomic E-state index is -0.674. The predicted octanol–water partition coefficient (Wildman–Crippen LogP) is 3.86. The zero-order chi connectivity index (χ0) is 18.1. The SMILES string of the molecule is CONc1ccc(OC(=O)OC2(C)CC3CC(C)CC(N)(C3)C2)cc1. The Bertz CT molecular complexity index is 616. The van der Waals surface area contributed by atoms with E-state index in [0.29, 0.717) is 24.0 Å². The summed E-state index contributed by atoms with van der Waals surface area (Å²) in [6.07, 6.45) is 4.03. The van der Waals surface area contributed by atoms with Crippen LogP contribution in [0, 0.1) is 11.8 Å². The van der Waals surface area contributed by atoms with Gasteiger partial charge < -0.3 is 15.2 Å². The Morgan fingerprint density at radius 1 is 1.24 bits per heavy atom. The van der Waals surface area contributed by atoms with Crippen molar-refractivity contribution in [1.82, 2.24) is 0 Å². The molecule has 0 aliphatic heterocycles. The van der Waals surface area contributed by atoms with Crippen LogP contribution in [-0.4, -0.2) is 24.4 Å². The highest BCUT2D eigenvalue weighted by molar-refractivity contribution is 5.65. The summed E-state index contributed by atoms with van der Waals surface area (Å²) in [5.41, 5.74) is 9.27. The molecule has 0 aromatic heterocycles. The van der Waals surface area contributed by atoms with E-state index in [4.69, 9.17) is 20.0 Å². The van der Waals surface area contributed by atoms with Gasteiger partial charge in [0.2, 0.25) is 0 Å². The average Bonchev–Trinajstić information content (AvgIpc) is 2.46. The van der Waals surface area contributed by atoms with E-state index in [2.05, 4.69) is 12.4 Å². The van der Waals surface area contributed by atoms with Gasteiger partial charge in [0.15, 0.2) is 0 Å². The maximum absolute atomic E-state index is 12.3. The molecule has 0 heterocycles.